The molecule has 0 aliphatic heterocycles. The summed E-state index contributed by atoms with van der Waals surface area (Å²) in [5.74, 6) is -0.0286. The molecule has 0 atom stereocenters. The van der Waals surface area contributed by atoms with E-state index in [0.29, 0.717) is 12.6 Å². The summed E-state index contributed by atoms with van der Waals surface area (Å²) in [4.78, 5) is 23.2. The normalized spacial score (nSPS) is 12.0. The van der Waals surface area contributed by atoms with Crippen molar-refractivity contribution in [2.75, 3.05) is 40.3 Å². The lowest BCUT2D eigenvalue weighted by Crippen LogP contribution is -2.39. The zero-order valence-corrected chi connectivity index (χ0v) is 14.2. The van der Waals surface area contributed by atoms with Gasteiger partial charge in [-0.2, -0.15) is 0 Å². The van der Waals surface area contributed by atoms with E-state index in [1.807, 2.05) is 31.3 Å². The molecule has 124 valence electrons. The third kappa shape index (κ3) is 7.95. The molecule has 6 heteroatoms. The van der Waals surface area contributed by atoms with Crippen molar-refractivity contribution in [3.05, 3.63) is 30.4 Å². The van der Waals surface area contributed by atoms with Crippen molar-refractivity contribution in [2.24, 2.45) is 0 Å². The van der Waals surface area contributed by atoms with Crippen molar-refractivity contribution < 1.29 is 4.79 Å². The van der Waals surface area contributed by atoms with Crippen LogP contribution in [0.15, 0.2) is 24.7 Å². The van der Waals surface area contributed by atoms with Gasteiger partial charge in [0, 0.05) is 56.6 Å². The largest absolute Gasteiger partial charge is 0.351 e. The molecular formula is C16H29N5O. The summed E-state index contributed by atoms with van der Waals surface area (Å²) >= 11 is 0. The zero-order valence-electron chi connectivity index (χ0n) is 14.2. The molecule has 0 aliphatic rings. The molecule has 0 radical (unpaired) electrons. The third-order valence-electron chi connectivity index (χ3n) is 3.39. The van der Waals surface area contributed by atoms with Crippen LogP contribution >= 0.6 is 0 Å². The number of nitrogens with zero attached hydrogens (tertiary/aromatic N) is 3. The molecular weight excluding hydrogens is 278 g/mol. The van der Waals surface area contributed by atoms with Crippen LogP contribution in [-0.2, 0) is 11.2 Å². The van der Waals surface area contributed by atoms with Crippen molar-refractivity contribution in [3.63, 3.8) is 0 Å². The lowest BCUT2D eigenvalue weighted by atomic mass is 10.2. The Balaban J connectivity index is 2.26. The van der Waals surface area contributed by atoms with Crippen LogP contribution in [-0.4, -0.2) is 72.0 Å². The van der Waals surface area contributed by atoms with Crippen molar-refractivity contribution in [1.82, 2.24) is 25.1 Å². The first kappa shape index (κ1) is 18.4. The quantitative estimate of drug-likeness (QED) is 0.630. The van der Waals surface area contributed by atoms with Gasteiger partial charge in [0.25, 0.3) is 0 Å². The summed E-state index contributed by atoms with van der Waals surface area (Å²) in [5, 5.41) is 2.93. The Hall–Kier alpha value is -1.66. The molecule has 0 aliphatic carbocycles. The highest BCUT2D eigenvalue weighted by atomic mass is 16.1. The number of imidazole rings is 1. The van der Waals surface area contributed by atoms with Crippen molar-refractivity contribution >= 4 is 5.91 Å². The fourth-order valence-electron chi connectivity index (χ4n) is 2.07. The fourth-order valence-corrected chi connectivity index (χ4v) is 2.07. The molecule has 0 fully saturated rings. The Morgan fingerprint density at radius 3 is 2.77 bits per heavy atom. The summed E-state index contributed by atoms with van der Waals surface area (Å²) in [6, 6.07) is 0.448. The van der Waals surface area contributed by atoms with Gasteiger partial charge in [-0.1, -0.05) is 6.08 Å². The molecule has 0 saturated heterocycles. The molecule has 0 aromatic carbocycles. The first-order valence-corrected chi connectivity index (χ1v) is 7.79. The molecule has 0 spiro atoms. The highest BCUT2D eigenvalue weighted by Gasteiger charge is 2.09. The van der Waals surface area contributed by atoms with Gasteiger partial charge < -0.3 is 15.2 Å². The van der Waals surface area contributed by atoms with E-state index in [9.17, 15) is 4.79 Å². The van der Waals surface area contributed by atoms with E-state index in [2.05, 4.69) is 34.0 Å². The maximum Gasteiger partial charge on any atom is 0.243 e. The second kappa shape index (κ2) is 10.1. The smallest absolute Gasteiger partial charge is 0.243 e. The van der Waals surface area contributed by atoms with E-state index in [1.165, 1.54) is 0 Å². The Labute approximate surface area is 133 Å². The number of hydrogen-bond donors (Lipinski definition) is 2. The Morgan fingerprint density at radius 2 is 2.18 bits per heavy atom. The molecule has 2 N–H and O–H groups in total. The minimum atomic E-state index is -0.0286. The van der Waals surface area contributed by atoms with Crippen LogP contribution in [0.2, 0.25) is 0 Å². The maximum atomic E-state index is 11.7. The summed E-state index contributed by atoms with van der Waals surface area (Å²) in [5.41, 5.74) is 1.14. The molecule has 0 bridgehead atoms. The van der Waals surface area contributed by atoms with Gasteiger partial charge in [-0.15, -0.1) is 0 Å². The summed E-state index contributed by atoms with van der Waals surface area (Å²) in [6.07, 6.45) is 7.97. The van der Waals surface area contributed by atoms with Crippen LogP contribution in [0.5, 0.6) is 0 Å². The van der Waals surface area contributed by atoms with Crippen molar-refractivity contribution in [1.29, 1.82) is 0 Å². The number of nitrogens with one attached hydrogen (secondary N) is 2. The van der Waals surface area contributed by atoms with Gasteiger partial charge >= 0.3 is 0 Å². The minimum absolute atomic E-state index is 0.0286. The summed E-state index contributed by atoms with van der Waals surface area (Å²) < 4.78 is 0. The van der Waals surface area contributed by atoms with Gasteiger partial charge in [0.05, 0.1) is 6.33 Å². The van der Waals surface area contributed by atoms with E-state index in [1.54, 1.807) is 12.4 Å². The van der Waals surface area contributed by atoms with Gasteiger partial charge in [0.15, 0.2) is 0 Å². The molecule has 6 nitrogen and oxygen atoms in total. The van der Waals surface area contributed by atoms with E-state index in [0.717, 1.165) is 31.7 Å². The number of hydrogen-bond acceptors (Lipinski definition) is 4. The van der Waals surface area contributed by atoms with Crippen LogP contribution in [0.4, 0.5) is 0 Å². The minimum Gasteiger partial charge on any atom is -0.351 e. The van der Waals surface area contributed by atoms with Gasteiger partial charge in [-0.25, -0.2) is 4.98 Å². The highest BCUT2D eigenvalue weighted by Crippen LogP contribution is 2.01. The van der Waals surface area contributed by atoms with Crippen molar-refractivity contribution in [3.8, 4) is 0 Å². The number of aromatic amines is 1. The molecule has 0 saturated carbocycles. The molecule has 0 unspecified atom stereocenters. The number of likely N-dealkylation sites (N-methyl/N-ethyl adjacent to an activating group) is 1. The summed E-state index contributed by atoms with van der Waals surface area (Å²) in [7, 11) is 3.95. The van der Waals surface area contributed by atoms with Gasteiger partial charge in [0.1, 0.15) is 0 Å². The molecule has 1 heterocycles. The average Bonchev–Trinajstić information content (AvgIpc) is 2.95. The topological polar surface area (TPSA) is 64.3 Å². The number of carbonyl (C=O) groups is 1. The molecule has 1 aromatic rings. The molecule has 22 heavy (non-hydrogen) atoms. The van der Waals surface area contributed by atoms with Gasteiger partial charge in [0.2, 0.25) is 5.91 Å². The number of H-pyrrole nitrogens is 1. The van der Waals surface area contributed by atoms with Crippen LogP contribution in [0.1, 0.15) is 19.5 Å². The highest BCUT2D eigenvalue weighted by molar-refractivity contribution is 5.87. The predicted molar refractivity (Wildman–Crippen MR) is 89.7 cm³/mol. The maximum absolute atomic E-state index is 11.7. The monoisotopic (exact) mass is 307 g/mol. The van der Waals surface area contributed by atoms with Crippen LogP contribution < -0.4 is 5.32 Å². The van der Waals surface area contributed by atoms with Crippen LogP contribution in [0, 0.1) is 0 Å². The van der Waals surface area contributed by atoms with Crippen LogP contribution in [0.25, 0.3) is 0 Å². The summed E-state index contributed by atoms with van der Waals surface area (Å²) in [6.45, 7) is 7.57. The van der Waals surface area contributed by atoms with E-state index >= 15 is 0 Å². The number of carbonyl (C=O) groups excluding carboxylic acids is 1. The standard InChI is InChI=1S/C16H29N5O/c1-14(2)21(10-7-15-12-17-13-19-15)11-8-18-16(22)6-5-9-20(3)4/h5-6,12-14H,7-11H2,1-4H3,(H,17,19)(H,18,22)/b6-5+. The van der Waals surface area contributed by atoms with Crippen molar-refractivity contribution in [2.45, 2.75) is 26.3 Å². The first-order valence-electron chi connectivity index (χ1n) is 7.79. The van der Waals surface area contributed by atoms with E-state index < -0.39 is 0 Å². The lowest BCUT2D eigenvalue weighted by molar-refractivity contribution is -0.116. The number of aromatic nitrogens is 2. The van der Waals surface area contributed by atoms with E-state index in [-0.39, 0.29) is 5.91 Å². The SMILES string of the molecule is CC(C)N(CCNC(=O)/C=C/CN(C)C)CCc1cnc[nH]1. The predicted octanol–water partition coefficient (Wildman–Crippen LogP) is 0.897. The average molecular weight is 307 g/mol. The Kier molecular flexibility index (Phi) is 8.47. The van der Waals surface area contributed by atoms with E-state index in [4.69, 9.17) is 0 Å². The molecule has 1 aromatic heterocycles. The zero-order chi connectivity index (χ0) is 16.4. The lowest BCUT2D eigenvalue weighted by Gasteiger charge is -2.26. The van der Waals surface area contributed by atoms with Crippen LogP contribution in [0.3, 0.4) is 0 Å². The second-order valence-electron chi connectivity index (χ2n) is 5.91. The fraction of sp³-hybridized carbons (Fsp3) is 0.625. The molecule has 1 rings (SSSR count). The Morgan fingerprint density at radius 1 is 1.41 bits per heavy atom. The first-order chi connectivity index (χ1) is 10.5. The Bertz CT molecular complexity index is 439. The number of amides is 1. The van der Waals surface area contributed by atoms with Gasteiger partial charge in [-0.3, -0.25) is 9.69 Å². The number of rotatable bonds is 10. The van der Waals surface area contributed by atoms with Gasteiger partial charge in [-0.05, 0) is 27.9 Å². The third-order valence-corrected chi connectivity index (χ3v) is 3.39. The second-order valence-corrected chi connectivity index (χ2v) is 5.91. The molecule has 1 amide bonds.